The molecular formula is C16H23N3O2. The molecule has 1 aliphatic rings. The molecule has 2 N–H and O–H groups in total. The molecule has 0 amide bonds. The number of rotatable bonds is 6. The maximum atomic E-state index is 10.3. The molecule has 1 aromatic carbocycles. The normalized spacial score (nSPS) is 22.2. The summed E-state index contributed by atoms with van der Waals surface area (Å²) in [5.41, 5.74) is 1.49. The third-order valence-electron chi connectivity index (χ3n) is 4.00. The number of para-hydroxylation sites is 2. The Hall–Kier alpha value is -1.43. The van der Waals surface area contributed by atoms with E-state index in [-0.39, 0.29) is 0 Å². The molecule has 114 valence electrons. The molecule has 2 heterocycles. The summed E-state index contributed by atoms with van der Waals surface area (Å²) in [5.74, 6) is 1.03. The van der Waals surface area contributed by atoms with Crippen molar-refractivity contribution < 1.29 is 9.84 Å². The van der Waals surface area contributed by atoms with E-state index in [2.05, 4.69) is 22.9 Å². The standard InChI is InChI=1S/C16H23N3O2/c1-2-8-19-14-6-4-3-5-13(14)18-15(19)10-17-11-16(20)7-9-21-12-16/h3-6,17,20H,2,7-12H2,1H3. The second kappa shape index (κ2) is 6.13. The molecule has 0 radical (unpaired) electrons. The van der Waals surface area contributed by atoms with Gasteiger partial charge < -0.3 is 19.7 Å². The number of fused-ring (bicyclic) bond motifs is 1. The SMILES string of the molecule is CCCn1c(CNCC2(O)CCOC2)nc2ccccc21. The number of aryl methyl sites for hydroxylation is 1. The van der Waals surface area contributed by atoms with Gasteiger partial charge in [-0.05, 0) is 18.6 Å². The molecule has 2 aromatic rings. The van der Waals surface area contributed by atoms with Crippen LogP contribution in [0.15, 0.2) is 24.3 Å². The fourth-order valence-electron chi connectivity index (χ4n) is 2.88. The zero-order valence-corrected chi connectivity index (χ0v) is 12.5. The molecule has 5 nitrogen and oxygen atoms in total. The van der Waals surface area contributed by atoms with Crippen molar-refractivity contribution in [2.24, 2.45) is 0 Å². The lowest BCUT2D eigenvalue weighted by Crippen LogP contribution is -2.41. The number of imidazole rings is 1. The summed E-state index contributed by atoms with van der Waals surface area (Å²) in [7, 11) is 0. The van der Waals surface area contributed by atoms with Crippen molar-refractivity contribution in [3.05, 3.63) is 30.1 Å². The topological polar surface area (TPSA) is 59.3 Å². The van der Waals surface area contributed by atoms with Gasteiger partial charge in [0.15, 0.2) is 0 Å². The van der Waals surface area contributed by atoms with Crippen LogP contribution in [-0.2, 0) is 17.8 Å². The van der Waals surface area contributed by atoms with Crippen molar-refractivity contribution in [3.8, 4) is 0 Å². The van der Waals surface area contributed by atoms with Gasteiger partial charge in [-0.2, -0.15) is 0 Å². The number of nitrogens with zero attached hydrogens (tertiary/aromatic N) is 2. The first-order valence-corrected chi connectivity index (χ1v) is 7.67. The summed E-state index contributed by atoms with van der Waals surface area (Å²) in [6.45, 7) is 5.41. The molecule has 0 spiro atoms. The summed E-state index contributed by atoms with van der Waals surface area (Å²) < 4.78 is 7.52. The predicted octanol–water partition coefficient (Wildman–Crippen LogP) is 1.69. The largest absolute Gasteiger partial charge is 0.386 e. The second-order valence-electron chi connectivity index (χ2n) is 5.80. The van der Waals surface area contributed by atoms with E-state index in [4.69, 9.17) is 9.72 Å². The van der Waals surface area contributed by atoms with Crippen molar-refractivity contribution in [3.63, 3.8) is 0 Å². The van der Waals surface area contributed by atoms with Gasteiger partial charge in [0.05, 0.1) is 24.2 Å². The molecule has 21 heavy (non-hydrogen) atoms. The third-order valence-corrected chi connectivity index (χ3v) is 4.00. The molecule has 0 saturated carbocycles. The van der Waals surface area contributed by atoms with E-state index in [1.54, 1.807) is 0 Å². The van der Waals surface area contributed by atoms with Gasteiger partial charge in [-0.15, -0.1) is 0 Å². The number of nitrogens with one attached hydrogen (secondary N) is 1. The molecular weight excluding hydrogens is 266 g/mol. The molecule has 0 aliphatic carbocycles. The van der Waals surface area contributed by atoms with E-state index < -0.39 is 5.60 Å². The first-order chi connectivity index (χ1) is 10.2. The van der Waals surface area contributed by atoms with E-state index in [9.17, 15) is 5.11 Å². The van der Waals surface area contributed by atoms with Crippen molar-refractivity contribution in [1.82, 2.24) is 14.9 Å². The fourth-order valence-corrected chi connectivity index (χ4v) is 2.88. The first-order valence-electron chi connectivity index (χ1n) is 7.67. The van der Waals surface area contributed by atoms with Crippen LogP contribution < -0.4 is 5.32 Å². The van der Waals surface area contributed by atoms with Gasteiger partial charge >= 0.3 is 0 Å². The molecule has 1 aliphatic heterocycles. The number of hydrogen-bond donors (Lipinski definition) is 2. The summed E-state index contributed by atoms with van der Waals surface area (Å²) in [6, 6.07) is 8.22. The smallest absolute Gasteiger partial charge is 0.123 e. The molecule has 3 rings (SSSR count). The number of aromatic nitrogens is 2. The van der Waals surface area contributed by atoms with Crippen LogP contribution in [0.3, 0.4) is 0 Å². The van der Waals surface area contributed by atoms with Crippen molar-refractivity contribution in [2.45, 2.75) is 38.5 Å². The van der Waals surface area contributed by atoms with Crippen LogP contribution >= 0.6 is 0 Å². The number of benzene rings is 1. The van der Waals surface area contributed by atoms with E-state index in [0.717, 1.165) is 24.3 Å². The zero-order valence-electron chi connectivity index (χ0n) is 12.5. The predicted molar refractivity (Wildman–Crippen MR) is 82.1 cm³/mol. The summed E-state index contributed by atoms with van der Waals surface area (Å²) in [5, 5.41) is 13.6. The molecule has 1 unspecified atom stereocenters. The lowest BCUT2D eigenvalue weighted by atomic mass is 10.0. The van der Waals surface area contributed by atoms with E-state index in [0.29, 0.717) is 32.7 Å². The second-order valence-corrected chi connectivity index (χ2v) is 5.80. The van der Waals surface area contributed by atoms with Crippen molar-refractivity contribution in [1.29, 1.82) is 0 Å². The molecule has 1 aromatic heterocycles. The maximum Gasteiger partial charge on any atom is 0.123 e. The minimum absolute atomic E-state index is 0.422. The van der Waals surface area contributed by atoms with Crippen molar-refractivity contribution in [2.75, 3.05) is 19.8 Å². The molecule has 0 bridgehead atoms. The Morgan fingerprint density at radius 1 is 1.43 bits per heavy atom. The van der Waals surface area contributed by atoms with Crippen LogP contribution in [0.5, 0.6) is 0 Å². The summed E-state index contributed by atoms with van der Waals surface area (Å²) >= 11 is 0. The number of hydrogen-bond acceptors (Lipinski definition) is 4. The number of ether oxygens (including phenoxy) is 1. The highest BCUT2D eigenvalue weighted by atomic mass is 16.5. The van der Waals surface area contributed by atoms with Crippen LogP contribution in [-0.4, -0.2) is 40.0 Å². The Bertz CT molecular complexity index is 603. The Kier molecular flexibility index (Phi) is 4.24. The Labute approximate surface area is 124 Å². The third kappa shape index (κ3) is 3.10. The average Bonchev–Trinajstić information content (AvgIpc) is 3.05. The van der Waals surface area contributed by atoms with Gasteiger partial charge in [0, 0.05) is 26.1 Å². The lowest BCUT2D eigenvalue weighted by Gasteiger charge is -2.20. The molecule has 1 atom stereocenters. The zero-order chi connectivity index (χ0) is 14.7. The van der Waals surface area contributed by atoms with Gasteiger partial charge in [-0.3, -0.25) is 0 Å². The number of aliphatic hydroxyl groups is 1. The van der Waals surface area contributed by atoms with Gasteiger partial charge in [0.2, 0.25) is 0 Å². The van der Waals surface area contributed by atoms with Gasteiger partial charge in [0.1, 0.15) is 11.4 Å². The first kappa shape index (κ1) is 14.5. The summed E-state index contributed by atoms with van der Waals surface area (Å²) in [4.78, 5) is 4.71. The summed E-state index contributed by atoms with van der Waals surface area (Å²) in [6.07, 6.45) is 1.77. The van der Waals surface area contributed by atoms with Crippen LogP contribution in [0.1, 0.15) is 25.6 Å². The van der Waals surface area contributed by atoms with Crippen LogP contribution in [0.25, 0.3) is 11.0 Å². The minimum Gasteiger partial charge on any atom is -0.386 e. The van der Waals surface area contributed by atoms with Gasteiger partial charge in [0.25, 0.3) is 0 Å². The minimum atomic E-state index is -0.721. The lowest BCUT2D eigenvalue weighted by molar-refractivity contribution is 0.0267. The Balaban J connectivity index is 1.72. The van der Waals surface area contributed by atoms with Gasteiger partial charge in [-0.1, -0.05) is 19.1 Å². The van der Waals surface area contributed by atoms with Crippen molar-refractivity contribution >= 4 is 11.0 Å². The molecule has 5 heteroatoms. The fraction of sp³-hybridized carbons (Fsp3) is 0.562. The van der Waals surface area contributed by atoms with E-state index in [1.807, 2.05) is 18.2 Å². The quantitative estimate of drug-likeness (QED) is 0.849. The average molecular weight is 289 g/mol. The molecule has 1 fully saturated rings. The van der Waals surface area contributed by atoms with Crippen LogP contribution in [0.2, 0.25) is 0 Å². The van der Waals surface area contributed by atoms with E-state index in [1.165, 1.54) is 5.52 Å². The maximum absolute atomic E-state index is 10.3. The Morgan fingerprint density at radius 2 is 2.29 bits per heavy atom. The van der Waals surface area contributed by atoms with Crippen LogP contribution in [0, 0.1) is 0 Å². The Morgan fingerprint density at radius 3 is 3.05 bits per heavy atom. The molecule has 1 saturated heterocycles. The van der Waals surface area contributed by atoms with E-state index >= 15 is 0 Å². The van der Waals surface area contributed by atoms with Gasteiger partial charge in [-0.25, -0.2) is 4.98 Å². The highest BCUT2D eigenvalue weighted by molar-refractivity contribution is 5.75. The highest BCUT2D eigenvalue weighted by Crippen LogP contribution is 2.19. The highest BCUT2D eigenvalue weighted by Gasteiger charge is 2.31. The monoisotopic (exact) mass is 289 g/mol. The van der Waals surface area contributed by atoms with Crippen LogP contribution in [0.4, 0.5) is 0 Å².